The third kappa shape index (κ3) is 2.02. The molecule has 0 radical (unpaired) electrons. The molecule has 1 aromatic carbocycles. The molecule has 3 aliphatic carbocycles. The van der Waals surface area contributed by atoms with Gasteiger partial charge in [-0.05, 0) is 29.2 Å². The maximum Gasteiger partial charge on any atom is 0.278 e. The molecule has 0 spiro atoms. The minimum absolute atomic E-state index is 0.0994. The Labute approximate surface area is 137 Å². The van der Waals surface area contributed by atoms with Crippen molar-refractivity contribution in [3.63, 3.8) is 0 Å². The summed E-state index contributed by atoms with van der Waals surface area (Å²) >= 11 is 0. The lowest BCUT2D eigenvalue weighted by atomic mass is 9.73. The SMILES string of the molecule is O=C(NO)C1=CC=C2C=C3Cc4ccccc4C(=O)C3=CC2C1=O. The van der Waals surface area contributed by atoms with Crippen LogP contribution in [0, 0.1) is 5.92 Å². The van der Waals surface area contributed by atoms with E-state index >= 15 is 0 Å². The third-order valence-corrected chi connectivity index (χ3v) is 4.60. The number of allylic oxidation sites excluding steroid dienone is 7. The minimum atomic E-state index is -0.844. The second-order valence-electron chi connectivity index (χ2n) is 5.94. The highest BCUT2D eigenvalue weighted by Gasteiger charge is 2.36. The van der Waals surface area contributed by atoms with Gasteiger partial charge in [0.05, 0.1) is 11.5 Å². The zero-order valence-electron chi connectivity index (χ0n) is 12.6. The van der Waals surface area contributed by atoms with Crippen molar-refractivity contribution in [2.75, 3.05) is 0 Å². The molecule has 5 heteroatoms. The van der Waals surface area contributed by atoms with Gasteiger partial charge in [-0.3, -0.25) is 19.6 Å². The van der Waals surface area contributed by atoms with Gasteiger partial charge in [-0.2, -0.15) is 0 Å². The maximum atomic E-state index is 12.7. The van der Waals surface area contributed by atoms with Crippen LogP contribution in [0.5, 0.6) is 0 Å². The molecule has 1 atom stereocenters. The summed E-state index contributed by atoms with van der Waals surface area (Å²) in [5, 5.41) is 8.74. The first kappa shape index (κ1) is 14.5. The first-order valence-corrected chi connectivity index (χ1v) is 7.56. The van der Waals surface area contributed by atoms with E-state index in [4.69, 9.17) is 5.21 Å². The Morgan fingerprint density at radius 2 is 1.96 bits per heavy atom. The summed E-state index contributed by atoms with van der Waals surface area (Å²) < 4.78 is 0. The van der Waals surface area contributed by atoms with Crippen molar-refractivity contribution in [3.05, 3.63) is 82.0 Å². The number of carbonyl (C=O) groups is 3. The zero-order valence-corrected chi connectivity index (χ0v) is 12.6. The Hall–Kier alpha value is -3.05. The van der Waals surface area contributed by atoms with E-state index in [-0.39, 0.29) is 11.4 Å². The number of hydroxylamine groups is 1. The highest BCUT2D eigenvalue weighted by Crippen LogP contribution is 2.38. The first-order chi connectivity index (χ1) is 11.6. The van der Waals surface area contributed by atoms with Crippen LogP contribution < -0.4 is 5.48 Å². The number of nitrogens with one attached hydrogen (secondary N) is 1. The molecule has 0 fully saturated rings. The Kier molecular flexibility index (Phi) is 3.18. The fraction of sp³-hybridized carbons (Fsp3) is 0.105. The Bertz CT molecular complexity index is 930. The molecule has 0 saturated carbocycles. The van der Waals surface area contributed by atoms with Gasteiger partial charge >= 0.3 is 0 Å². The van der Waals surface area contributed by atoms with E-state index in [1.807, 2.05) is 24.3 Å². The van der Waals surface area contributed by atoms with Gasteiger partial charge in [0.2, 0.25) is 0 Å². The number of benzene rings is 1. The second kappa shape index (κ2) is 5.25. The summed E-state index contributed by atoms with van der Waals surface area (Å²) in [6.07, 6.45) is 7.21. The van der Waals surface area contributed by atoms with Gasteiger partial charge in [-0.15, -0.1) is 0 Å². The Morgan fingerprint density at radius 1 is 1.17 bits per heavy atom. The van der Waals surface area contributed by atoms with Crippen LogP contribution in [0.3, 0.4) is 0 Å². The highest BCUT2D eigenvalue weighted by atomic mass is 16.5. The normalized spacial score (nSPS) is 21.5. The summed E-state index contributed by atoms with van der Waals surface area (Å²) in [5.74, 6) is -2.04. The van der Waals surface area contributed by atoms with Gasteiger partial charge in [0.1, 0.15) is 0 Å². The van der Waals surface area contributed by atoms with Crippen molar-refractivity contribution >= 4 is 17.5 Å². The molecule has 0 bridgehead atoms. The largest absolute Gasteiger partial charge is 0.293 e. The monoisotopic (exact) mass is 319 g/mol. The lowest BCUT2D eigenvalue weighted by Crippen LogP contribution is -2.32. The quantitative estimate of drug-likeness (QED) is 0.470. The maximum absolute atomic E-state index is 12.7. The molecule has 118 valence electrons. The lowest BCUT2D eigenvalue weighted by molar-refractivity contribution is -0.128. The van der Waals surface area contributed by atoms with Crippen molar-refractivity contribution in [3.8, 4) is 0 Å². The third-order valence-electron chi connectivity index (χ3n) is 4.60. The van der Waals surface area contributed by atoms with E-state index in [0.29, 0.717) is 17.6 Å². The van der Waals surface area contributed by atoms with Gasteiger partial charge in [-0.1, -0.05) is 42.5 Å². The van der Waals surface area contributed by atoms with Gasteiger partial charge in [-0.25, -0.2) is 5.48 Å². The van der Waals surface area contributed by atoms with E-state index in [1.165, 1.54) is 11.6 Å². The van der Waals surface area contributed by atoms with Crippen LogP contribution in [0.2, 0.25) is 0 Å². The van der Waals surface area contributed by atoms with Crippen LogP contribution in [-0.4, -0.2) is 22.7 Å². The van der Waals surface area contributed by atoms with Crippen LogP contribution >= 0.6 is 0 Å². The van der Waals surface area contributed by atoms with E-state index in [1.54, 1.807) is 18.2 Å². The summed E-state index contributed by atoms with van der Waals surface area (Å²) in [6, 6.07) is 7.44. The van der Waals surface area contributed by atoms with Crippen molar-refractivity contribution in [2.24, 2.45) is 5.92 Å². The molecule has 1 aromatic rings. The number of amides is 1. The summed E-state index contributed by atoms with van der Waals surface area (Å²) in [6.45, 7) is 0. The van der Waals surface area contributed by atoms with Gasteiger partial charge in [0.15, 0.2) is 11.6 Å². The molecule has 2 N–H and O–H groups in total. The molecule has 1 unspecified atom stereocenters. The molecule has 24 heavy (non-hydrogen) atoms. The summed E-state index contributed by atoms with van der Waals surface area (Å²) in [4.78, 5) is 36.8. The predicted molar refractivity (Wildman–Crippen MR) is 85.2 cm³/mol. The number of ketones is 2. The van der Waals surface area contributed by atoms with E-state index < -0.39 is 17.6 Å². The number of hydrogen-bond donors (Lipinski definition) is 2. The molecule has 4 rings (SSSR count). The highest BCUT2D eigenvalue weighted by molar-refractivity contribution is 6.23. The second-order valence-corrected chi connectivity index (χ2v) is 5.94. The van der Waals surface area contributed by atoms with Gasteiger partial charge in [0, 0.05) is 11.1 Å². The van der Waals surface area contributed by atoms with Crippen LogP contribution in [0.25, 0.3) is 0 Å². The molecule has 5 nitrogen and oxygen atoms in total. The lowest BCUT2D eigenvalue weighted by Gasteiger charge is -2.29. The van der Waals surface area contributed by atoms with E-state index in [0.717, 1.165) is 16.7 Å². The molecule has 0 aromatic heterocycles. The molecular weight excluding hydrogens is 306 g/mol. The standard InChI is InChI=1S/C19H13NO4/c21-17-13-4-2-1-3-10(13)7-12-8-11-5-6-14(19(23)20-24)18(22)15(11)9-16(12)17/h1-6,8-9,15,24H,7H2,(H,20,23). The average Bonchev–Trinajstić information content (AvgIpc) is 2.61. The first-order valence-electron chi connectivity index (χ1n) is 7.56. The zero-order chi connectivity index (χ0) is 16.8. The van der Waals surface area contributed by atoms with Gasteiger partial charge in [0.25, 0.3) is 5.91 Å². The van der Waals surface area contributed by atoms with Crippen LogP contribution in [0.4, 0.5) is 0 Å². The molecule has 0 heterocycles. The Morgan fingerprint density at radius 3 is 2.75 bits per heavy atom. The minimum Gasteiger partial charge on any atom is -0.293 e. The van der Waals surface area contributed by atoms with Crippen LogP contribution in [0.1, 0.15) is 15.9 Å². The average molecular weight is 319 g/mol. The Balaban J connectivity index is 1.81. The number of Topliss-reactive ketones (excluding diaryl/α,β-unsaturated/α-hetero) is 2. The smallest absolute Gasteiger partial charge is 0.278 e. The van der Waals surface area contributed by atoms with E-state index in [2.05, 4.69) is 0 Å². The van der Waals surface area contributed by atoms with Crippen molar-refractivity contribution in [1.82, 2.24) is 5.48 Å². The van der Waals surface area contributed by atoms with E-state index in [9.17, 15) is 14.4 Å². The number of carbonyl (C=O) groups excluding carboxylic acids is 3. The summed E-state index contributed by atoms with van der Waals surface area (Å²) in [7, 11) is 0. The molecule has 1 amide bonds. The topological polar surface area (TPSA) is 83.5 Å². The molecule has 0 saturated heterocycles. The van der Waals surface area contributed by atoms with Crippen LogP contribution in [0.15, 0.2) is 70.9 Å². The van der Waals surface area contributed by atoms with Crippen molar-refractivity contribution in [2.45, 2.75) is 6.42 Å². The predicted octanol–water partition coefficient (Wildman–Crippen LogP) is 1.85. The molecule has 3 aliphatic rings. The molecular formula is C19H13NO4. The molecule has 0 aliphatic heterocycles. The van der Waals surface area contributed by atoms with Crippen LogP contribution in [-0.2, 0) is 16.0 Å². The fourth-order valence-electron chi connectivity index (χ4n) is 3.41. The van der Waals surface area contributed by atoms with Gasteiger partial charge < -0.3 is 0 Å². The summed E-state index contributed by atoms with van der Waals surface area (Å²) in [5.41, 5.74) is 5.14. The number of hydrogen-bond acceptors (Lipinski definition) is 4. The van der Waals surface area contributed by atoms with Crippen molar-refractivity contribution in [1.29, 1.82) is 0 Å². The van der Waals surface area contributed by atoms with Crippen molar-refractivity contribution < 1.29 is 19.6 Å². The number of rotatable bonds is 1. The number of fused-ring (bicyclic) bond motifs is 3. The fourth-order valence-corrected chi connectivity index (χ4v) is 3.41.